The molecular formula is C15H10FN3O. The lowest BCUT2D eigenvalue weighted by Gasteiger charge is -2.11. The molecule has 0 N–H and O–H groups in total. The fourth-order valence-corrected chi connectivity index (χ4v) is 1.87. The molecule has 5 heteroatoms. The molecule has 20 heavy (non-hydrogen) atoms. The van der Waals surface area contributed by atoms with Gasteiger partial charge in [0.2, 0.25) is 0 Å². The van der Waals surface area contributed by atoms with Crippen LogP contribution >= 0.6 is 0 Å². The molecule has 0 atom stereocenters. The molecule has 0 bridgehead atoms. The first-order valence-electron chi connectivity index (χ1n) is 5.86. The van der Waals surface area contributed by atoms with E-state index in [0.717, 1.165) is 6.07 Å². The highest BCUT2D eigenvalue weighted by molar-refractivity contribution is 5.34. The Labute approximate surface area is 114 Å². The van der Waals surface area contributed by atoms with E-state index in [1.54, 1.807) is 13.0 Å². The highest BCUT2D eigenvalue weighted by Gasteiger charge is 2.09. The SMILES string of the molecule is Cc1ccc(C#N)c(=O)n1Cc1ccc(C#N)cc1F. The van der Waals surface area contributed by atoms with Gasteiger partial charge in [-0.1, -0.05) is 6.07 Å². The van der Waals surface area contributed by atoms with Gasteiger partial charge in [-0.05, 0) is 31.2 Å². The van der Waals surface area contributed by atoms with Crippen molar-refractivity contribution in [3.8, 4) is 12.1 Å². The van der Waals surface area contributed by atoms with E-state index in [2.05, 4.69) is 0 Å². The number of hydrogen-bond donors (Lipinski definition) is 0. The second kappa shape index (κ2) is 5.38. The summed E-state index contributed by atoms with van der Waals surface area (Å²) in [6, 6.07) is 10.8. The number of nitriles is 2. The molecule has 1 aromatic carbocycles. The van der Waals surface area contributed by atoms with Crippen LogP contribution in [-0.4, -0.2) is 4.57 Å². The third kappa shape index (κ3) is 2.43. The van der Waals surface area contributed by atoms with Gasteiger partial charge in [0.25, 0.3) is 5.56 Å². The number of rotatable bonds is 2. The Bertz CT molecular complexity index is 809. The zero-order valence-corrected chi connectivity index (χ0v) is 10.7. The maximum absolute atomic E-state index is 13.8. The second-order valence-electron chi connectivity index (χ2n) is 4.31. The first-order chi connectivity index (χ1) is 9.56. The van der Waals surface area contributed by atoms with Crippen LogP contribution in [-0.2, 0) is 6.54 Å². The molecule has 98 valence electrons. The van der Waals surface area contributed by atoms with Crippen molar-refractivity contribution in [2.75, 3.05) is 0 Å². The van der Waals surface area contributed by atoms with Gasteiger partial charge in [0.15, 0.2) is 0 Å². The van der Waals surface area contributed by atoms with E-state index in [1.165, 1.54) is 22.8 Å². The minimum Gasteiger partial charge on any atom is -0.307 e. The van der Waals surface area contributed by atoms with Crippen molar-refractivity contribution in [1.29, 1.82) is 10.5 Å². The monoisotopic (exact) mass is 267 g/mol. The zero-order valence-electron chi connectivity index (χ0n) is 10.7. The summed E-state index contributed by atoms with van der Waals surface area (Å²) in [7, 11) is 0. The van der Waals surface area contributed by atoms with Crippen LogP contribution in [0.5, 0.6) is 0 Å². The Kier molecular flexibility index (Phi) is 3.63. The normalized spacial score (nSPS) is 9.80. The van der Waals surface area contributed by atoms with Crippen molar-refractivity contribution in [3.63, 3.8) is 0 Å². The van der Waals surface area contributed by atoms with Crippen molar-refractivity contribution >= 4 is 0 Å². The Balaban J connectivity index is 2.49. The van der Waals surface area contributed by atoms with E-state index >= 15 is 0 Å². The number of aromatic nitrogens is 1. The molecule has 0 aliphatic rings. The summed E-state index contributed by atoms with van der Waals surface area (Å²) < 4.78 is 15.2. The van der Waals surface area contributed by atoms with Crippen molar-refractivity contribution in [3.05, 3.63) is 68.9 Å². The van der Waals surface area contributed by atoms with Gasteiger partial charge in [-0.25, -0.2) is 4.39 Å². The highest BCUT2D eigenvalue weighted by Crippen LogP contribution is 2.12. The average molecular weight is 267 g/mol. The van der Waals surface area contributed by atoms with Gasteiger partial charge in [0.1, 0.15) is 17.4 Å². The lowest BCUT2D eigenvalue weighted by molar-refractivity contribution is 0.592. The molecule has 1 heterocycles. The number of pyridine rings is 1. The maximum atomic E-state index is 13.8. The van der Waals surface area contributed by atoms with Crippen molar-refractivity contribution in [1.82, 2.24) is 4.57 Å². The van der Waals surface area contributed by atoms with Gasteiger partial charge in [0.05, 0.1) is 18.2 Å². The van der Waals surface area contributed by atoms with Crippen LogP contribution in [0.25, 0.3) is 0 Å². The lowest BCUT2D eigenvalue weighted by atomic mass is 10.1. The molecule has 0 fully saturated rings. The number of hydrogen-bond acceptors (Lipinski definition) is 3. The summed E-state index contributed by atoms with van der Waals surface area (Å²) in [5.41, 5.74) is 0.726. The molecule has 4 nitrogen and oxygen atoms in total. The summed E-state index contributed by atoms with van der Waals surface area (Å²) in [6.07, 6.45) is 0. The zero-order chi connectivity index (χ0) is 14.7. The van der Waals surface area contributed by atoms with Crippen LogP contribution in [0, 0.1) is 35.4 Å². The number of aryl methyl sites for hydroxylation is 1. The quantitative estimate of drug-likeness (QED) is 0.836. The van der Waals surface area contributed by atoms with E-state index in [0.29, 0.717) is 11.3 Å². The Hall–Kier alpha value is -2.92. The molecule has 0 aliphatic carbocycles. The molecule has 0 amide bonds. The predicted octanol–water partition coefficient (Wildman–Crippen LogP) is 2.09. The Morgan fingerprint density at radius 2 is 1.95 bits per heavy atom. The molecule has 0 spiro atoms. The minimum absolute atomic E-state index is 0.0182. The third-order valence-corrected chi connectivity index (χ3v) is 3.02. The van der Waals surface area contributed by atoms with Gasteiger partial charge in [0, 0.05) is 11.3 Å². The topological polar surface area (TPSA) is 69.6 Å². The predicted molar refractivity (Wildman–Crippen MR) is 70.4 cm³/mol. The summed E-state index contributed by atoms with van der Waals surface area (Å²) in [5, 5.41) is 17.5. The molecule has 0 aliphatic heterocycles. The second-order valence-corrected chi connectivity index (χ2v) is 4.31. The van der Waals surface area contributed by atoms with E-state index in [9.17, 15) is 9.18 Å². The maximum Gasteiger partial charge on any atom is 0.268 e. The summed E-state index contributed by atoms with van der Waals surface area (Å²) in [5.74, 6) is -0.544. The number of halogens is 1. The Morgan fingerprint density at radius 1 is 1.20 bits per heavy atom. The minimum atomic E-state index is -0.544. The van der Waals surface area contributed by atoms with E-state index in [-0.39, 0.29) is 17.7 Å². The summed E-state index contributed by atoms with van der Waals surface area (Å²) in [4.78, 5) is 12.0. The summed E-state index contributed by atoms with van der Waals surface area (Å²) >= 11 is 0. The molecule has 0 unspecified atom stereocenters. The van der Waals surface area contributed by atoms with Gasteiger partial charge in [-0.3, -0.25) is 4.79 Å². The van der Waals surface area contributed by atoms with Gasteiger partial charge in [-0.2, -0.15) is 10.5 Å². The molecule has 2 aromatic rings. The number of nitrogens with zero attached hydrogens (tertiary/aromatic N) is 3. The van der Waals surface area contributed by atoms with Crippen LogP contribution in [0.4, 0.5) is 4.39 Å². The van der Waals surface area contributed by atoms with Crippen molar-refractivity contribution < 1.29 is 4.39 Å². The molecule has 2 rings (SSSR count). The molecule has 1 aromatic heterocycles. The van der Waals surface area contributed by atoms with Crippen LogP contribution in [0.1, 0.15) is 22.4 Å². The van der Waals surface area contributed by atoms with Gasteiger partial charge >= 0.3 is 0 Å². The standard InChI is InChI=1S/C15H10FN3O/c1-10-2-4-12(8-18)15(20)19(10)9-13-5-3-11(7-17)6-14(13)16/h2-6H,9H2,1H3. The van der Waals surface area contributed by atoms with Crippen molar-refractivity contribution in [2.24, 2.45) is 0 Å². The van der Waals surface area contributed by atoms with E-state index in [4.69, 9.17) is 10.5 Å². The fourth-order valence-electron chi connectivity index (χ4n) is 1.87. The molecule has 0 saturated carbocycles. The molecule has 0 saturated heterocycles. The first kappa shape index (κ1) is 13.5. The van der Waals surface area contributed by atoms with Crippen molar-refractivity contribution in [2.45, 2.75) is 13.5 Å². The Morgan fingerprint density at radius 3 is 2.55 bits per heavy atom. The van der Waals surface area contributed by atoms with Gasteiger partial charge < -0.3 is 4.57 Å². The third-order valence-electron chi connectivity index (χ3n) is 3.02. The van der Waals surface area contributed by atoms with Crippen LogP contribution in [0.3, 0.4) is 0 Å². The van der Waals surface area contributed by atoms with E-state index < -0.39 is 11.4 Å². The summed E-state index contributed by atoms with van der Waals surface area (Å²) in [6.45, 7) is 1.74. The average Bonchev–Trinajstić information content (AvgIpc) is 2.45. The van der Waals surface area contributed by atoms with Crippen LogP contribution in [0.15, 0.2) is 35.1 Å². The fraction of sp³-hybridized carbons (Fsp3) is 0.133. The van der Waals surface area contributed by atoms with Crippen LogP contribution < -0.4 is 5.56 Å². The van der Waals surface area contributed by atoms with Gasteiger partial charge in [-0.15, -0.1) is 0 Å². The largest absolute Gasteiger partial charge is 0.307 e. The van der Waals surface area contributed by atoms with Crippen LogP contribution in [0.2, 0.25) is 0 Å². The highest BCUT2D eigenvalue weighted by atomic mass is 19.1. The number of benzene rings is 1. The molecule has 0 radical (unpaired) electrons. The molecular weight excluding hydrogens is 257 g/mol. The smallest absolute Gasteiger partial charge is 0.268 e. The lowest BCUT2D eigenvalue weighted by Crippen LogP contribution is -2.25. The first-order valence-corrected chi connectivity index (χ1v) is 5.86. The van der Waals surface area contributed by atoms with E-state index in [1.807, 2.05) is 12.1 Å².